The molecule has 0 amide bonds. The molecule has 0 radical (unpaired) electrons. The first kappa shape index (κ1) is 10.6. The molecular weight excluding hydrogens is 200 g/mol. The van der Waals surface area contributed by atoms with Crippen LogP contribution < -0.4 is 10.1 Å². The summed E-state index contributed by atoms with van der Waals surface area (Å²) >= 11 is 0. The normalized spacial score (nSPS) is 10.1. The number of nitrogens with zero attached hydrogens (tertiary/aromatic N) is 1. The molecule has 0 aliphatic carbocycles. The summed E-state index contributed by atoms with van der Waals surface area (Å²) in [6.45, 7) is 0.813. The molecule has 0 saturated heterocycles. The maximum atomic E-state index is 5.63. The number of benzene rings is 1. The Bertz CT molecular complexity index is 443. The minimum absolute atomic E-state index is 0.624. The minimum atomic E-state index is 0.624. The van der Waals surface area contributed by atoms with Gasteiger partial charge >= 0.3 is 0 Å². The zero-order chi connectivity index (χ0) is 11.2. The number of aromatic nitrogens is 1. The van der Waals surface area contributed by atoms with Crippen LogP contribution in [-0.2, 0) is 6.54 Å². The molecule has 1 aromatic carbocycles. The maximum absolute atomic E-state index is 5.63. The molecule has 0 unspecified atom stereocenters. The van der Waals surface area contributed by atoms with Gasteiger partial charge in [-0.2, -0.15) is 0 Å². The van der Waals surface area contributed by atoms with Gasteiger partial charge in [0.25, 0.3) is 0 Å². The van der Waals surface area contributed by atoms with E-state index in [-0.39, 0.29) is 0 Å². The summed E-state index contributed by atoms with van der Waals surface area (Å²) in [7, 11) is 1.91. The van der Waals surface area contributed by atoms with E-state index >= 15 is 0 Å². The van der Waals surface area contributed by atoms with Crippen LogP contribution in [0.2, 0.25) is 0 Å². The number of hydrogen-bond acceptors (Lipinski definition) is 3. The van der Waals surface area contributed by atoms with Crippen LogP contribution in [0.4, 0.5) is 0 Å². The van der Waals surface area contributed by atoms with Gasteiger partial charge in [0.2, 0.25) is 5.88 Å². The highest BCUT2D eigenvalue weighted by atomic mass is 16.5. The lowest BCUT2D eigenvalue weighted by atomic mass is 10.2. The van der Waals surface area contributed by atoms with Crippen LogP contribution >= 0.6 is 0 Å². The van der Waals surface area contributed by atoms with Gasteiger partial charge in [0, 0.05) is 18.8 Å². The number of hydrogen-bond donors (Lipinski definition) is 1. The fraction of sp³-hybridized carbons (Fsp3) is 0.154. The third-order valence-electron chi connectivity index (χ3n) is 2.15. The maximum Gasteiger partial charge on any atom is 0.219 e. The minimum Gasteiger partial charge on any atom is -0.439 e. The van der Waals surface area contributed by atoms with Crippen LogP contribution in [0.1, 0.15) is 5.56 Å². The Morgan fingerprint density at radius 1 is 1.19 bits per heavy atom. The first-order chi connectivity index (χ1) is 7.88. The van der Waals surface area contributed by atoms with Crippen molar-refractivity contribution in [1.82, 2.24) is 10.3 Å². The predicted molar refractivity (Wildman–Crippen MR) is 63.5 cm³/mol. The van der Waals surface area contributed by atoms with E-state index < -0.39 is 0 Å². The largest absolute Gasteiger partial charge is 0.439 e. The molecule has 0 bridgehead atoms. The van der Waals surface area contributed by atoms with E-state index in [9.17, 15) is 0 Å². The topological polar surface area (TPSA) is 34.2 Å². The van der Waals surface area contributed by atoms with Crippen molar-refractivity contribution < 1.29 is 4.74 Å². The molecule has 82 valence electrons. The quantitative estimate of drug-likeness (QED) is 0.849. The van der Waals surface area contributed by atoms with E-state index in [4.69, 9.17) is 4.74 Å². The lowest BCUT2D eigenvalue weighted by Crippen LogP contribution is -2.05. The molecule has 0 spiro atoms. The Kier molecular flexibility index (Phi) is 3.51. The Balaban J connectivity index is 2.12. The van der Waals surface area contributed by atoms with E-state index in [2.05, 4.69) is 10.3 Å². The molecule has 0 saturated carbocycles. The van der Waals surface area contributed by atoms with Crippen molar-refractivity contribution in [1.29, 1.82) is 0 Å². The Labute approximate surface area is 95.1 Å². The van der Waals surface area contributed by atoms with Crippen LogP contribution in [-0.4, -0.2) is 12.0 Å². The van der Waals surface area contributed by atoms with Gasteiger partial charge in [-0.25, -0.2) is 4.98 Å². The van der Waals surface area contributed by atoms with E-state index in [1.54, 1.807) is 6.20 Å². The number of nitrogens with one attached hydrogen (secondary N) is 1. The Hall–Kier alpha value is -1.87. The summed E-state index contributed by atoms with van der Waals surface area (Å²) < 4.78 is 5.63. The molecule has 2 rings (SSSR count). The van der Waals surface area contributed by atoms with Gasteiger partial charge in [0.15, 0.2) is 0 Å². The van der Waals surface area contributed by atoms with E-state index in [1.807, 2.05) is 49.5 Å². The fourth-order valence-corrected chi connectivity index (χ4v) is 1.43. The molecule has 0 fully saturated rings. The molecule has 3 heteroatoms. The van der Waals surface area contributed by atoms with Crippen molar-refractivity contribution in [2.75, 3.05) is 7.05 Å². The van der Waals surface area contributed by atoms with Crippen LogP contribution in [0.25, 0.3) is 0 Å². The third-order valence-corrected chi connectivity index (χ3v) is 2.15. The standard InChI is InChI=1S/C13H14N2O/c1-14-10-11-7-8-15-13(9-11)16-12-5-3-2-4-6-12/h2-9,14H,10H2,1H3. The lowest BCUT2D eigenvalue weighted by molar-refractivity contribution is 0.462. The van der Waals surface area contributed by atoms with Crippen molar-refractivity contribution in [2.45, 2.75) is 6.54 Å². The molecule has 1 heterocycles. The van der Waals surface area contributed by atoms with Crippen molar-refractivity contribution in [3.05, 3.63) is 54.2 Å². The monoisotopic (exact) mass is 214 g/mol. The summed E-state index contributed by atoms with van der Waals surface area (Å²) in [6, 6.07) is 13.5. The molecule has 1 aromatic heterocycles. The van der Waals surface area contributed by atoms with Crippen LogP contribution in [0.3, 0.4) is 0 Å². The van der Waals surface area contributed by atoms with Gasteiger partial charge in [0.1, 0.15) is 5.75 Å². The smallest absolute Gasteiger partial charge is 0.219 e. The fourth-order valence-electron chi connectivity index (χ4n) is 1.43. The second-order valence-corrected chi connectivity index (χ2v) is 3.45. The molecule has 0 atom stereocenters. The average molecular weight is 214 g/mol. The molecule has 1 N–H and O–H groups in total. The Morgan fingerprint density at radius 2 is 2.00 bits per heavy atom. The van der Waals surface area contributed by atoms with Crippen molar-refractivity contribution >= 4 is 0 Å². The molecular formula is C13H14N2O. The van der Waals surface area contributed by atoms with Crippen molar-refractivity contribution in [2.24, 2.45) is 0 Å². The highest BCUT2D eigenvalue weighted by Gasteiger charge is 1.99. The second kappa shape index (κ2) is 5.28. The average Bonchev–Trinajstić information content (AvgIpc) is 2.31. The molecule has 16 heavy (non-hydrogen) atoms. The first-order valence-electron chi connectivity index (χ1n) is 5.21. The van der Waals surface area contributed by atoms with E-state index in [0.29, 0.717) is 5.88 Å². The first-order valence-corrected chi connectivity index (χ1v) is 5.21. The van der Waals surface area contributed by atoms with E-state index in [0.717, 1.165) is 17.9 Å². The van der Waals surface area contributed by atoms with Gasteiger partial charge in [-0.3, -0.25) is 0 Å². The summed E-state index contributed by atoms with van der Waals surface area (Å²) in [5.41, 5.74) is 1.16. The highest BCUT2D eigenvalue weighted by Crippen LogP contribution is 2.19. The summed E-state index contributed by atoms with van der Waals surface area (Å²) in [4.78, 5) is 4.17. The predicted octanol–water partition coefficient (Wildman–Crippen LogP) is 2.59. The van der Waals surface area contributed by atoms with Gasteiger partial charge in [-0.05, 0) is 30.8 Å². The van der Waals surface area contributed by atoms with Crippen LogP contribution in [0.5, 0.6) is 11.6 Å². The molecule has 0 aliphatic rings. The number of ether oxygens (including phenoxy) is 1. The Morgan fingerprint density at radius 3 is 2.75 bits per heavy atom. The van der Waals surface area contributed by atoms with Crippen LogP contribution in [0, 0.1) is 0 Å². The molecule has 3 nitrogen and oxygen atoms in total. The SMILES string of the molecule is CNCc1ccnc(Oc2ccccc2)c1. The van der Waals surface area contributed by atoms with Crippen LogP contribution in [0.15, 0.2) is 48.7 Å². The van der Waals surface area contributed by atoms with Gasteiger partial charge in [-0.15, -0.1) is 0 Å². The number of pyridine rings is 1. The van der Waals surface area contributed by atoms with Gasteiger partial charge < -0.3 is 10.1 Å². The van der Waals surface area contributed by atoms with E-state index in [1.165, 1.54) is 0 Å². The zero-order valence-corrected chi connectivity index (χ0v) is 9.18. The summed E-state index contributed by atoms with van der Waals surface area (Å²) in [5.74, 6) is 1.43. The van der Waals surface area contributed by atoms with Gasteiger partial charge in [0.05, 0.1) is 0 Å². The summed E-state index contributed by atoms with van der Waals surface area (Å²) in [5, 5.41) is 3.09. The highest BCUT2D eigenvalue weighted by molar-refractivity contribution is 5.28. The molecule has 0 aliphatic heterocycles. The third kappa shape index (κ3) is 2.81. The van der Waals surface area contributed by atoms with Crippen molar-refractivity contribution in [3.63, 3.8) is 0 Å². The van der Waals surface area contributed by atoms with Crippen molar-refractivity contribution in [3.8, 4) is 11.6 Å². The number of para-hydroxylation sites is 1. The lowest BCUT2D eigenvalue weighted by Gasteiger charge is -2.05. The second-order valence-electron chi connectivity index (χ2n) is 3.45. The summed E-state index contributed by atoms with van der Waals surface area (Å²) in [6.07, 6.45) is 1.75. The zero-order valence-electron chi connectivity index (χ0n) is 9.18. The van der Waals surface area contributed by atoms with Gasteiger partial charge in [-0.1, -0.05) is 18.2 Å². The molecule has 2 aromatic rings. The number of rotatable bonds is 4.